The number of carbonyl (C=O) groups is 2. The van der Waals surface area contributed by atoms with Gasteiger partial charge in [0.1, 0.15) is 22.6 Å². The Morgan fingerprint density at radius 1 is 1.35 bits per heavy atom. The first-order chi connectivity index (χ1) is 12.1. The van der Waals surface area contributed by atoms with Crippen molar-refractivity contribution in [2.45, 2.75) is 19.6 Å². The van der Waals surface area contributed by atoms with Crippen LogP contribution >= 0.6 is 0 Å². The first-order valence-corrected chi connectivity index (χ1v) is 7.31. The van der Waals surface area contributed by atoms with Gasteiger partial charge in [-0.05, 0) is 25.1 Å². The molecule has 2 aromatic rings. The molecule has 0 saturated heterocycles. The summed E-state index contributed by atoms with van der Waals surface area (Å²) in [6.45, 7) is -0.188. The number of aromatic nitrogens is 1. The van der Waals surface area contributed by atoms with E-state index in [-0.39, 0.29) is 29.2 Å². The Kier molecular flexibility index (Phi) is 5.53. The van der Waals surface area contributed by atoms with E-state index in [9.17, 15) is 22.8 Å². The van der Waals surface area contributed by atoms with Gasteiger partial charge in [0, 0.05) is 13.2 Å². The van der Waals surface area contributed by atoms with Crippen LogP contribution in [-0.4, -0.2) is 46.7 Å². The number of amides is 1. The van der Waals surface area contributed by atoms with Crippen LogP contribution in [0.1, 0.15) is 32.2 Å². The fourth-order valence-electron chi connectivity index (χ4n) is 2.16. The predicted octanol–water partition coefficient (Wildman–Crippen LogP) is 2.89. The number of hydrogen-bond acceptors (Lipinski definition) is 5. The van der Waals surface area contributed by atoms with Crippen molar-refractivity contribution < 1.29 is 37.0 Å². The van der Waals surface area contributed by atoms with Crippen LogP contribution < -0.4 is 4.74 Å². The highest BCUT2D eigenvalue weighted by Crippen LogP contribution is 2.22. The van der Waals surface area contributed by atoms with E-state index in [1.54, 1.807) is 0 Å². The zero-order chi connectivity index (χ0) is 19.5. The summed E-state index contributed by atoms with van der Waals surface area (Å²) in [5.74, 6) is -1.85. The molecule has 0 radical (unpaired) electrons. The minimum Gasteiger partial charge on any atom is -0.478 e. The minimum atomic E-state index is -4.57. The van der Waals surface area contributed by atoms with Gasteiger partial charge in [0.25, 0.3) is 5.91 Å². The van der Waals surface area contributed by atoms with E-state index >= 15 is 0 Å². The number of rotatable bonds is 6. The molecule has 0 spiro atoms. The van der Waals surface area contributed by atoms with Gasteiger partial charge in [0.05, 0.1) is 6.54 Å². The highest BCUT2D eigenvalue weighted by Gasteiger charge is 2.30. The summed E-state index contributed by atoms with van der Waals surface area (Å²) in [6, 6.07) is 3.96. The number of carboxylic acid groups (broad SMARTS) is 1. The molecule has 1 amide bonds. The Morgan fingerprint density at radius 3 is 2.62 bits per heavy atom. The Labute approximate surface area is 146 Å². The summed E-state index contributed by atoms with van der Waals surface area (Å²) in [5, 5.41) is 9.00. The monoisotopic (exact) mass is 372 g/mol. The molecule has 2 heterocycles. The van der Waals surface area contributed by atoms with Crippen molar-refractivity contribution in [3.63, 3.8) is 0 Å². The summed E-state index contributed by atoms with van der Waals surface area (Å²) in [6.07, 6.45) is -3.36. The van der Waals surface area contributed by atoms with Gasteiger partial charge in [0.2, 0.25) is 5.88 Å². The second kappa shape index (κ2) is 7.46. The summed E-state index contributed by atoms with van der Waals surface area (Å²) in [5.41, 5.74) is -0.183. The van der Waals surface area contributed by atoms with E-state index in [0.717, 1.165) is 4.90 Å². The molecule has 2 aromatic heterocycles. The molecular weight excluding hydrogens is 357 g/mol. The van der Waals surface area contributed by atoms with Crippen molar-refractivity contribution in [3.05, 3.63) is 47.0 Å². The second-order valence-corrected chi connectivity index (χ2v) is 5.41. The average molecular weight is 372 g/mol. The number of nitrogens with zero attached hydrogens (tertiary/aromatic N) is 2. The molecule has 0 atom stereocenters. The first-order valence-electron chi connectivity index (χ1n) is 7.31. The fourth-order valence-corrected chi connectivity index (χ4v) is 2.16. The number of alkyl halides is 3. The lowest BCUT2D eigenvalue weighted by atomic mass is 10.2. The zero-order valence-corrected chi connectivity index (χ0v) is 13.8. The maximum atomic E-state index is 12.5. The molecule has 1 N–H and O–H groups in total. The number of halogens is 3. The molecule has 0 fully saturated rings. The lowest BCUT2D eigenvalue weighted by Gasteiger charge is -2.17. The van der Waals surface area contributed by atoms with Crippen LogP contribution in [0.15, 0.2) is 28.8 Å². The van der Waals surface area contributed by atoms with Crippen molar-refractivity contribution >= 4 is 11.9 Å². The summed E-state index contributed by atoms with van der Waals surface area (Å²) >= 11 is 0. The van der Waals surface area contributed by atoms with E-state index in [4.69, 9.17) is 9.52 Å². The van der Waals surface area contributed by atoms with Gasteiger partial charge in [-0.2, -0.15) is 13.2 Å². The summed E-state index contributed by atoms with van der Waals surface area (Å²) in [7, 11) is 1.39. The topological polar surface area (TPSA) is 92.9 Å². The van der Waals surface area contributed by atoms with Crippen LogP contribution in [0.25, 0.3) is 0 Å². The smallest absolute Gasteiger partial charge is 0.422 e. The fraction of sp³-hybridized carbons (Fsp3) is 0.312. The molecule has 7 nitrogen and oxygen atoms in total. The lowest BCUT2D eigenvalue weighted by molar-refractivity contribution is -0.154. The number of furan rings is 1. The molecule has 0 bridgehead atoms. The third kappa shape index (κ3) is 4.74. The number of carboxylic acids is 1. The highest BCUT2D eigenvalue weighted by molar-refractivity contribution is 5.96. The van der Waals surface area contributed by atoms with E-state index in [1.807, 2.05) is 0 Å². The molecular formula is C16H15F3N2O5. The maximum absolute atomic E-state index is 12.5. The van der Waals surface area contributed by atoms with Crippen LogP contribution in [0, 0.1) is 6.92 Å². The van der Waals surface area contributed by atoms with Crippen LogP contribution in [0.2, 0.25) is 0 Å². The number of aromatic carboxylic acids is 1. The molecule has 0 aliphatic carbocycles. The highest BCUT2D eigenvalue weighted by atomic mass is 19.4. The van der Waals surface area contributed by atoms with Crippen molar-refractivity contribution in [1.82, 2.24) is 9.88 Å². The number of hydrogen-bond donors (Lipinski definition) is 1. The van der Waals surface area contributed by atoms with Crippen LogP contribution in [0.3, 0.4) is 0 Å². The predicted molar refractivity (Wildman–Crippen MR) is 82.0 cm³/mol. The largest absolute Gasteiger partial charge is 0.478 e. The van der Waals surface area contributed by atoms with Crippen LogP contribution in [-0.2, 0) is 6.54 Å². The van der Waals surface area contributed by atoms with Gasteiger partial charge in [-0.3, -0.25) is 4.79 Å². The number of pyridine rings is 1. The number of aryl methyl sites for hydroxylation is 1. The number of ether oxygens (including phenoxy) is 1. The Bertz CT molecular complexity index is 816. The van der Waals surface area contributed by atoms with E-state index in [2.05, 4.69) is 9.72 Å². The lowest BCUT2D eigenvalue weighted by Crippen LogP contribution is -2.27. The van der Waals surface area contributed by atoms with Gasteiger partial charge in [-0.1, -0.05) is 0 Å². The Balaban J connectivity index is 2.15. The zero-order valence-electron chi connectivity index (χ0n) is 13.8. The van der Waals surface area contributed by atoms with Gasteiger partial charge < -0.3 is 19.2 Å². The van der Waals surface area contributed by atoms with Crippen molar-refractivity contribution in [2.75, 3.05) is 13.7 Å². The normalized spacial score (nSPS) is 11.3. The molecule has 0 aliphatic rings. The van der Waals surface area contributed by atoms with Gasteiger partial charge >= 0.3 is 12.1 Å². The molecule has 140 valence electrons. The molecule has 0 saturated carbocycles. The third-order valence-corrected chi connectivity index (χ3v) is 3.31. The van der Waals surface area contributed by atoms with Gasteiger partial charge in [0.15, 0.2) is 6.61 Å². The first kappa shape index (κ1) is 19.3. The maximum Gasteiger partial charge on any atom is 0.422 e. The SMILES string of the molecule is Cc1oc(CN(C)C(=O)c2cccnc2OCC(F)(F)F)cc1C(=O)O. The third-order valence-electron chi connectivity index (χ3n) is 3.31. The van der Waals surface area contributed by atoms with Crippen LogP contribution in [0.4, 0.5) is 13.2 Å². The minimum absolute atomic E-state index is 0.0311. The number of carbonyl (C=O) groups excluding carboxylic acids is 1. The van der Waals surface area contributed by atoms with Crippen molar-refractivity contribution in [1.29, 1.82) is 0 Å². The average Bonchev–Trinajstić information content (AvgIpc) is 2.92. The molecule has 2 rings (SSSR count). The van der Waals surface area contributed by atoms with E-state index < -0.39 is 30.5 Å². The molecule has 26 heavy (non-hydrogen) atoms. The molecule has 0 unspecified atom stereocenters. The molecule has 10 heteroatoms. The van der Waals surface area contributed by atoms with Gasteiger partial charge in [-0.15, -0.1) is 0 Å². The van der Waals surface area contributed by atoms with E-state index in [1.165, 1.54) is 38.4 Å². The van der Waals surface area contributed by atoms with Crippen molar-refractivity contribution in [2.24, 2.45) is 0 Å². The standard InChI is InChI=1S/C16H15F3N2O5/c1-9-12(15(23)24)6-10(26-9)7-21(2)14(22)11-4-3-5-20-13(11)25-8-16(17,18)19/h3-6H,7-8H2,1-2H3,(H,23,24). The second-order valence-electron chi connectivity index (χ2n) is 5.41. The van der Waals surface area contributed by atoms with Crippen molar-refractivity contribution in [3.8, 4) is 5.88 Å². The van der Waals surface area contributed by atoms with E-state index in [0.29, 0.717) is 0 Å². The van der Waals surface area contributed by atoms with Crippen LogP contribution in [0.5, 0.6) is 5.88 Å². The summed E-state index contributed by atoms with van der Waals surface area (Å²) < 4.78 is 46.8. The molecule has 0 aromatic carbocycles. The molecule has 0 aliphatic heterocycles. The van der Waals surface area contributed by atoms with Gasteiger partial charge in [-0.25, -0.2) is 9.78 Å². The Hall–Kier alpha value is -3.04. The Morgan fingerprint density at radius 2 is 2.04 bits per heavy atom. The summed E-state index contributed by atoms with van der Waals surface area (Å²) in [4.78, 5) is 28.3. The quantitative estimate of drug-likeness (QED) is 0.838.